The molecule has 8 rings (SSSR count). The quantitative estimate of drug-likeness (QED) is 0.122. The minimum absolute atomic E-state index is 0.0474. The molecular weight excluding hydrogens is 851 g/mol. The van der Waals surface area contributed by atoms with Crippen molar-refractivity contribution < 1.29 is 50.5 Å². The highest BCUT2D eigenvalue weighted by Crippen LogP contribution is 2.36. The van der Waals surface area contributed by atoms with E-state index in [4.69, 9.17) is 20.3 Å². The molecule has 0 aliphatic carbocycles. The van der Waals surface area contributed by atoms with Crippen LogP contribution in [0.25, 0.3) is 21.5 Å². The second kappa shape index (κ2) is 20.6. The van der Waals surface area contributed by atoms with Crippen molar-refractivity contribution in [2.24, 2.45) is 5.73 Å². The standard InChI is InChI=1S/C25H19F3N2O2.C18H11F3O3.C7H10N2/c1-16(22-6-2-3-14-29-22)30-24(31)18-8-13-21-17(15-18)5-4-7-23(21)32-20-11-9-19(10-12-20)25(26,27)28;19-18(20,21)13-5-7-14(8-6-13)24-16-3-1-2-11-10-12(17(22)23)4-9-15(11)16;1-6(8)7-4-2-3-5-9-7/h2-16H,1H3,(H,30,31);1-10H,(H,22,23);2-6H,8H2,1H3/t16-;;6-/m0.0/s1. The number of benzene rings is 6. The number of carbonyl (C=O) groups excluding carboxylic acids is 1. The molecule has 0 radical (unpaired) electrons. The van der Waals surface area contributed by atoms with Crippen LogP contribution >= 0.6 is 0 Å². The van der Waals surface area contributed by atoms with Crippen LogP contribution in [0.1, 0.15) is 69.2 Å². The molecule has 0 spiro atoms. The van der Waals surface area contributed by atoms with E-state index in [1.165, 1.54) is 36.4 Å². The van der Waals surface area contributed by atoms with Gasteiger partial charge in [0, 0.05) is 34.8 Å². The Morgan fingerprint density at radius 3 is 1.42 bits per heavy atom. The summed E-state index contributed by atoms with van der Waals surface area (Å²) in [5.74, 6) is 0.194. The SMILES string of the molecule is C[C@H](N)c1ccccn1.C[C@H](NC(=O)c1ccc2c(Oc3ccc(C(F)(F)F)cc3)cccc2c1)c1ccccn1.O=C(O)c1ccc2c(Oc3ccc(C(F)(F)F)cc3)cccc2c1. The van der Waals surface area contributed by atoms with Crippen LogP contribution in [-0.4, -0.2) is 27.0 Å². The highest BCUT2D eigenvalue weighted by Gasteiger charge is 2.31. The summed E-state index contributed by atoms with van der Waals surface area (Å²) in [4.78, 5) is 32.0. The predicted molar refractivity (Wildman–Crippen MR) is 235 cm³/mol. The normalized spacial score (nSPS) is 12.1. The van der Waals surface area contributed by atoms with Crippen LogP contribution < -0.4 is 20.5 Å². The van der Waals surface area contributed by atoms with E-state index in [1.807, 2.05) is 56.3 Å². The van der Waals surface area contributed by atoms with Gasteiger partial charge in [0.2, 0.25) is 0 Å². The Morgan fingerprint density at radius 2 is 1.02 bits per heavy atom. The summed E-state index contributed by atoms with van der Waals surface area (Å²) in [6, 6.07) is 40.1. The average molecular weight is 891 g/mol. The van der Waals surface area contributed by atoms with Gasteiger partial charge in [0.25, 0.3) is 5.91 Å². The van der Waals surface area contributed by atoms with Crippen molar-refractivity contribution in [2.75, 3.05) is 0 Å². The fourth-order valence-corrected chi connectivity index (χ4v) is 6.27. The first-order chi connectivity index (χ1) is 31.0. The number of fused-ring (bicyclic) bond motifs is 2. The van der Waals surface area contributed by atoms with Gasteiger partial charge in [-0.1, -0.05) is 36.4 Å². The molecule has 4 N–H and O–H groups in total. The van der Waals surface area contributed by atoms with E-state index in [0.29, 0.717) is 27.8 Å². The van der Waals surface area contributed by atoms with Crippen molar-refractivity contribution in [2.45, 2.75) is 38.3 Å². The number of carbonyl (C=O) groups is 2. The van der Waals surface area contributed by atoms with Crippen LogP contribution in [0.4, 0.5) is 26.3 Å². The maximum atomic E-state index is 12.8. The molecule has 65 heavy (non-hydrogen) atoms. The van der Waals surface area contributed by atoms with Crippen molar-refractivity contribution in [3.8, 4) is 23.0 Å². The lowest BCUT2D eigenvalue weighted by atomic mass is 10.1. The molecule has 8 aromatic rings. The number of pyridine rings is 2. The number of ether oxygens (including phenoxy) is 2. The van der Waals surface area contributed by atoms with Gasteiger partial charge >= 0.3 is 18.3 Å². The van der Waals surface area contributed by atoms with E-state index >= 15 is 0 Å². The Kier molecular flexibility index (Phi) is 14.8. The largest absolute Gasteiger partial charge is 0.478 e. The lowest BCUT2D eigenvalue weighted by Gasteiger charge is -2.14. The fourth-order valence-electron chi connectivity index (χ4n) is 6.27. The van der Waals surface area contributed by atoms with E-state index < -0.39 is 29.4 Å². The highest BCUT2D eigenvalue weighted by atomic mass is 19.4. The van der Waals surface area contributed by atoms with Crippen molar-refractivity contribution in [1.29, 1.82) is 0 Å². The second-order valence-electron chi connectivity index (χ2n) is 14.4. The maximum Gasteiger partial charge on any atom is 0.416 e. The number of carboxylic acid groups (broad SMARTS) is 1. The Morgan fingerprint density at radius 1 is 0.569 bits per heavy atom. The van der Waals surface area contributed by atoms with Crippen molar-refractivity contribution >= 4 is 33.4 Å². The van der Waals surface area contributed by atoms with Crippen LogP contribution in [0.3, 0.4) is 0 Å². The number of amides is 1. The molecule has 332 valence electrons. The summed E-state index contributed by atoms with van der Waals surface area (Å²) in [7, 11) is 0. The topological polar surface area (TPSA) is 137 Å². The van der Waals surface area contributed by atoms with Crippen LogP contribution in [0.15, 0.2) is 170 Å². The van der Waals surface area contributed by atoms with Crippen LogP contribution in [-0.2, 0) is 12.4 Å². The van der Waals surface area contributed by atoms with Gasteiger partial charge in [0.15, 0.2) is 0 Å². The van der Waals surface area contributed by atoms with E-state index in [0.717, 1.165) is 46.4 Å². The highest BCUT2D eigenvalue weighted by molar-refractivity contribution is 6.00. The third kappa shape index (κ3) is 12.7. The van der Waals surface area contributed by atoms with Gasteiger partial charge in [-0.05, 0) is 146 Å². The van der Waals surface area contributed by atoms with Crippen molar-refractivity contribution in [3.63, 3.8) is 0 Å². The molecule has 2 atom stereocenters. The van der Waals surface area contributed by atoms with Gasteiger partial charge in [-0.3, -0.25) is 14.8 Å². The van der Waals surface area contributed by atoms with E-state index in [1.54, 1.807) is 67.0 Å². The minimum Gasteiger partial charge on any atom is -0.478 e. The zero-order valence-corrected chi connectivity index (χ0v) is 34.6. The van der Waals surface area contributed by atoms with E-state index in [-0.39, 0.29) is 35.1 Å². The first-order valence-electron chi connectivity index (χ1n) is 19.8. The van der Waals surface area contributed by atoms with Crippen molar-refractivity contribution in [1.82, 2.24) is 15.3 Å². The van der Waals surface area contributed by atoms with Crippen molar-refractivity contribution in [3.05, 3.63) is 204 Å². The monoisotopic (exact) mass is 890 g/mol. The minimum atomic E-state index is -4.40. The molecule has 15 heteroatoms. The predicted octanol–water partition coefficient (Wildman–Crippen LogP) is 13.0. The average Bonchev–Trinajstić information content (AvgIpc) is 3.29. The summed E-state index contributed by atoms with van der Waals surface area (Å²) in [6.07, 6.45) is -5.38. The molecule has 6 aromatic carbocycles. The number of nitrogens with two attached hydrogens (primary N) is 1. The third-order valence-corrected chi connectivity index (χ3v) is 9.64. The fraction of sp³-hybridized carbons (Fsp3) is 0.120. The number of nitrogens with one attached hydrogen (secondary N) is 1. The molecule has 0 aliphatic heterocycles. The number of hydrogen-bond donors (Lipinski definition) is 3. The molecular formula is C50H40F6N4O5. The summed E-state index contributed by atoms with van der Waals surface area (Å²) in [6.45, 7) is 3.78. The number of carboxylic acids is 1. The number of hydrogen-bond acceptors (Lipinski definition) is 7. The Bertz CT molecular complexity index is 2860. The van der Waals surface area contributed by atoms with Gasteiger partial charge in [0.1, 0.15) is 23.0 Å². The Hall–Kier alpha value is -7.78. The molecule has 0 bridgehead atoms. The molecule has 2 heterocycles. The first-order valence-corrected chi connectivity index (χ1v) is 19.8. The molecule has 0 unspecified atom stereocenters. The van der Waals surface area contributed by atoms with Gasteiger partial charge < -0.3 is 25.6 Å². The molecule has 2 aromatic heterocycles. The number of aromatic carboxylic acids is 1. The van der Waals surface area contributed by atoms with Gasteiger partial charge in [-0.2, -0.15) is 26.3 Å². The van der Waals surface area contributed by atoms with E-state index in [2.05, 4.69) is 15.3 Å². The van der Waals surface area contributed by atoms with Gasteiger partial charge in [0.05, 0.1) is 34.1 Å². The van der Waals surface area contributed by atoms with Gasteiger partial charge in [-0.15, -0.1) is 0 Å². The zero-order chi connectivity index (χ0) is 46.7. The van der Waals surface area contributed by atoms with Crippen LogP contribution in [0, 0.1) is 0 Å². The summed E-state index contributed by atoms with van der Waals surface area (Å²) in [5, 5.41) is 14.8. The molecule has 0 fully saturated rings. The van der Waals surface area contributed by atoms with Gasteiger partial charge in [-0.25, -0.2) is 4.79 Å². The third-order valence-electron chi connectivity index (χ3n) is 9.64. The summed E-state index contributed by atoms with van der Waals surface area (Å²) in [5.41, 5.74) is 6.39. The Balaban J connectivity index is 0.000000186. The molecule has 1 amide bonds. The molecule has 0 saturated heterocycles. The van der Waals surface area contributed by atoms with E-state index in [9.17, 15) is 35.9 Å². The number of aromatic nitrogens is 2. The summed E-state index contributed by atoms with van der Waals surface area (Å²) < 4.78 is 87.4. The second-order valence-corrected chi connectivity index (χ2v) is 14.4. The lowest BCUT2D eigenvalue weighted by Crippen LogP contribution is -2.27. The lowest BCUT2D eigenvalue weighted by molar-refractivity contribution is -0.138. The maximum absolute atomic E-state index is 12.8. The smallest absolute Gasteiger partial charge is 0.416 e. The van der Waals surface area contributed by atoms with Crippen LogP contribution in [0.2, 0.25) is 0 Å². The number of alkyl halides is 6. The molecule has 0 aliphatic rings. The number of halogens is 6. The first kappa shape index (κ1) is 46.7. The number of nitrogens with zero attached hydrogens (tertiary/aromatic N) is 2. The summed E-state index contributed by atoms with van der Waals surface area (Å²) >= 11 is 0. The number of rotatable bonds is 9. The zero-order valence-electron chi connectivity index (χ0n) is 34.6. The molecule has 9 nitrogen and oxygen atoms in total. The van der Waals surface area contributed by atoms with Crippen LogP contribution in [0.5, 0.6) is 23.0 Å². The molecule has 0 saturated carbocycles. The Labute approximate surface area is 369 Å².